The number of fused-ring (bicyclic) bond motifs is 2. The first-order valence-electron chi connectivity index (χ1n) is 8.17. The molecule has 0 unspecified atom stereocenters. The van der Waals surface area contributed by atoms with Gasteiger partial charge in [-0.3, -0.25) is 14.3 Å². The highest BCUT2D eigenvalue weighted by molar-refractivity contribution is 7.21. The Bertz CT molecular complexity index is 1210. The summed E-state index contributed by atoms with van der Waals surface area (Å²) in [5, 5.41) is 0.765. The molecule has 0 atom stereocenters. The Labute approximate surface area is 145 Å². The molecule has 1 fully saturated rings. The molecule has 1 saturated carbocycles. The molecule has 0 spiro atoms. The van der Waals surface area contributed by atoms with Gasteiger partial charge in [0.05, 0.1) is 10.2 Å². The van der Waals surface area contributed by atoms with Crippen LogP contribution in [-0.2, 0) is 13.6 Å². The van der Waals surface area contributed by atoms with Gasteiger partial charge < -0.3 is 4.57 Å². The summed E-state index contributed by atoms with van der Waals surface area (Å²) in [4.78, 5) is 36.6. The third-order valence-electron chi connectivity index (χ3n) is 4.63. The first kappa shape index (κ1) is 14.6. The minimum absolute atomic E-state index is 0.289. The van der Waals surface area contributed by atoms with Gasteiger partial charge in [-0.2, -0.15) is 0 Å². The van der Waals surface area contributed by atoms with Crippen LogP contribution in [0.25, 0.3) is 32.2 Å². The van der Waals surface area contributed by atoms with Crippen molar-refractivity contribution in [1.29, 1.82) is 0 Å². The number of thiazole rings is 1. The Morgan fingerprint density at radius 3 is 2.80 bits per heavy atom. The highest BCUT2D eigenvalue weighted by Crippen LogP contribution is 2.35. The number of para-hydroxylation sites is 1. The molecule has 1 N–H and O–H groups in total. The average Bonchev–Trinajstić information content (AvgIpc) is 3.21. The van der Waals surface area contributed by atoms with Crippen molar-refractivity contribution in [3.8, 4) is 10.8 Å². The SMILES string of the molecule is Cn1c(=O)[nH]c2c(nc(-c3nc4ccccc4s3)n2CC2CC2)c1=O. The lowest BCUT2D eigenvalue weighted by atomic mass is 10.3. The summed E-state index contributed by atoms with van der Waals surface area (Å²) in [5.74, 6) is 1.22. The van der Waals surface area contributed by atoms with Crippen molar-refractivity contribution in [3.05, 3.63) is 45.1 Å². The first-order valence-corrected chi connectivity index (χ1v) is 8.99. The van der Waals surface area contributed by atoms with Gasteiger partial charge in [0.1, 0.15) is 5.65 Å². The van der Waals surface area contributed by atoms with Crippen LogP contribution in [-0.4, -0.2) is 24.1 Å². The first-order chi connectivity index (χ1) is 12.1. The van der Waals surface area contributed by atoms with Crippen LogP contribution in [0.5, 0.6) is 0 Å². The standard InChI is InChI=1S/C17H15N5O2S/c1-21-16(23)12-13(20-17(21)24)22(8-9-6-7-9)14(19-12)15-18-10-4-2-3-5-11(10)25-15/h2-5,9H,6-8H2,1H3,(H,20,24). The van der Waals surface area contributed by atoms with Gasteiger partial charge in [-0.15, -0.1) is 11.3 Å². The smallest absolute Gasteiger partial charge is 0.308 e. The van der Waals surface area contributed by atoms with Crippen LogP contribution in [0.2, 0.25) is 0 Å². The van der Waals surface area contributed by atoms with Crippen LogP contribution in [0.4, 0.5) is 0 Å². The second-order valence-corrected chi connectivity index (χ2v) is 7.50. The third kappa shape index (κ3) is 2.25. The largest absolute Gasteiger partial charge is 0.329 e. The summed E-state index contributed by atoms with van der Waals surface area (Å²) in [6.45, 7) is 0.741. The number of nitrogens with one attached hydrogen (secondary N) is 1. The molecule has 0 amide bonds. The fraction of sp³-hybridized carbons (Fsp3) is 0.294. The van der Waals surface area contributed by atoms with Crippen LogP contribution in [0, 0.1) is 5.92 Å². The minimum Gasteiger partial charge on any atom is -0.308 e. The summed E-state index contributed by atoms with van der Waals surface area (Å²) in [7, 11) is 1.46. The molecule has 126 valence electrons. The van der Waals surface area contributed by atoms with Gasteiger partial charge in [-0.25, -0.2) is 14.8 Å². The molecule has 1 aliphatic rings. The van der Waals surface area contributed by atoms with Gasteiger partial charge >= 0.3 is 5.69 Å². The zero-order valence-electron chi connectivity index (χ0n) is 13.5. The van der Waals surface area contributed by atoms with E-state index in [1.165, 1.54) is 7.05 Å². The van der Waals surface area contributed by atoms with Crippen LogP contribution in [0.1, 0.15) is 12.8 Å². The molecule has 0 saturated heterocycles. The number of imidazole rings is 1. The van der Waals surface area contributed by atoms with Crippen molar-refractivity contribution in [2.24, 2.45) is 13.0 Å². The number of benzene rings is 1. The molecular formula is C17H15N5O2S. The Morgan fingerprint density at radius 2 is 2.04 bits per heavy atom. The molecular weight excluding hydrogens is 338 g/mol. The zero-order valence-corrected chi connectivity index (χ0v) is 14.3. The molecule has 3 aromatic heterocycles. The Hall–Kier alpha value is -2.74. The van der Waals surface area contributed by atoms with Crippen molar-refractivity contribution in [3.63, 3.8) is 0 Å². The molecule has 0 aliphatic heterocycles. The van der Waals surface area contributed by atoms with Gasteiger partial charge in [0.15, 0.2) is 16.3 Å². The van der Waals surface area contributed by atoms with Crippen LogP contribution in [0.15, 0.2) is 33.9 Å². The summed E-state index contributed by atoms with van der Waals surface area (Å²) in [6, 6.07) is 7.91. The number of aromatic amines is 1. The number of hydrogen-bond acceptors (Lipinski definition) is 5. The molecule has 1 aliphatic carbocycles. The summed E-state index contributed by atoms with van der Waals surface area (Å²) in [6.07, 6.45) is 2.32. The number of H-pyrrole nitrogens is 1. The summed E-state index contributed by atoms with van der Waals surface area (Å²) < 4.78 is 4.08. The molecule has 7 nitrogen and oxygen atoms in total. The molecule has 4 aromatic rings. The van der Waals surface area contributed by atoms with Crippen molar-refractivity contribution in [1.82, 2.24) is 24.1 Å². The van der Waals surface area contributed by atoms with E-state index in [-0.39, 0.29) is 11.1 Å². The molecule has 0 bridgehead atoms. The molecule has 3 heterocycles. The number of aromatic nitrogens is 5. The van der Waals surface area contributed by atoms with E-state index in [1.54, 1.807) is 11.3 Å². The van der Waals surface area contributed by atoms with E-state index in [2.05, 4.69) is 15.0 Å². The fourth-order valence-corrected chi connectivity index (χ4v) is 4.00. The number of hydrogen-bond donors (Lipinski definition) is 1. The van der Waals surface area contributed by atoms with Crippen LogP contribution < -0.4 is 11.2 Å². The molecule has 5 rings (SSSR count). The van der Waals surface area contributed by atoms with E-state index in [0.29, 0.717) is 17.4 Å². The highest BCUT2D eigenvalue weighted by atomic mass is 32.1. The van der Waals surface area contributed by atoms with E-state index in [1.807, 2.05) is 28.8 Å². The highest BCUT2D eigenvalue weighted by Gasteiger charge is 2.27. The van der Waals surface area contributed by atoms with E-state index < -0.39 is 5.69 Å². The predicted molar refractivity (Wildman–Crippen MR) is 96.9 cm³/mol. The fourth-order valence-electron chi connectivity index (χ4n) is 3.03. The van der Waals surface area contributed by atoms with Gasteiger partial charge in [-0.05, 0) is 30.9 Å². The normalized spacial score (nSPS) is 14.6. The predicted octanol–water partition coefficient (Wildman–Crippen LogP) is 2.11. The second kappa shape index (κ2) is 5.13. The van der Waals surface area contributed by atoms with E-state index in [0.717, 1.165) is 39.2 Å². The van der Waals surface area contributed by atoms with Gasteiger partial charge in [0, 0.05) is 13.6 Å². The third-order valence-corrected chi connectivity index (χ3v) is 5.66. The number of rotatable bonds is 3. The zero-order chi connectivity index (χ0) is 17.1. The lowest BCUT2D eigenvalue weighted by Crippen LogP contribution is -2.32. The lowest BCUT2D eigenvalue weighted by Gasteiger charge is -2.06. The van der Waals surface area contributed by atoms with Gasteiger partial charge in [-0.1, -0.05) is 12.1 Å². The van der Waals surface area contributed by atoms with E-state index in [9.17, 15) is 9.59 Å². The average molecular weight is 353 g/mol. The maximum absolute atomic E-state index is 12.5. The summed E-state index contributed by atoms with van der Waals surface area (Å²) >= 11 is 1.55. The van der Waals surface area contributed by atoms with Gasteiger partial charge in [0.2, 0.25) is 0 Å². The Kier molecular flexibility index (Phi) is 2.99. The van der Waals surface area contributed by atoms with Crippen LogP contribution in [0.3, 0.4) is 0 Å². The van der Waals surface area contributed by atoms with Crippen LogP contribution >= 0.6 is 11.3 Å². The Morgan fingerprint density at radius 1 is 1.24 bits per heavy atom. The molecule has 0 radical (unpaired) electrons. The molecule has 1 aromatic carbocycles. The Balaban J connectivity index is 1.82. The second-order valence-electron chi connectivity index (χ2n) is 6.47. The van der Waals surface area contributed by atoms with Crippen molar-refractivity contribution < 1.29 is 0 Å². The number of nitrogens with zero attached hydrogens (tertiary/aromatic N) is 4. The van der Waals surface area contributed by atoms with Crippen molar-refractivity contribution in [2.75, 3.05) is 0 Å². The molecule has 8 heteroatoms. The minimum atomic E-state index is -0.426. The molecule has 25 heavy (non-hydrogen) atoms. The lowest BCUT2D eigenvalue weighted by molar-refractivity contribution is 0.641. The van der Waals surface area contributed by atoms with Crippen molar-refractivity contribution in [2.45, 2.75) is 19.4 Å². The maximum atomic E-state index is 12.5. The maximum Gasteiger partial charge on any atom is 0.329 e. The van der Waals surface area contributed by atoms with Crippen molar-refractivity contribution >= 4 is 32.7 Å². The monoisotopic (exact) mass is 353 g/mol. The summed E-state index contributed by atoms with van der Waals surface area (Å²) in [5.41, 5.74) is 0.890. The quantitative estimate of drug-likeness (QED) is 0.611. The van der Waals surface area contributed by atoms with E-state index >= 15 is 0 Å². The topological polar surface area (TPSA) is 85.6 Å². The van der Waals surface area contributed by atoms with E-state index in [4.69, 9.17) is 0 Å². The van der Waals surface area contributed by atoms with Gasteiger partial charge in [0.25, 0.3) is 5.56 Å².